The number of benzene rings is 2. The van der Waals surface area contributed by atoms with Crippen molar-refractivity contribution in [1.82, 2.24) is 4.57 Å². The minimum atomic E-state index is -0.757. The first-order valence-corrected chi connectivity index (χ1v) is 13.3. The monoisotopic (exact) mass is 586 g/mol. The van der Waals surface area contributed by atoms with Gasteiger partial charge in [-0.1, -0.05) is 33.3 Å². The highest BCUT2D eigenvalue weighted by atomic mass is 79.9. The largest absolute Gasteiger partial charge is 0.496 e. The maximum atomic E-state index is 13.9. The van der Waals surface area contributed by atoms with Gasteiger partial charge in [-0.2, -0.15) is 0 Å². The van der Waals surface area contributed by atoms with Gasteiger partial charge in [0.2, 0.25) is 0 Å². The summed E-state index contributed by atoms with van der Waals surface area (Å²) in [5.74, 6) is 1.18. The van der Waals surface area contributed by atoms with Crippen LogP contribution in [0.5, 0.6) is 17.2 Å². The normalized spacial score (nSPS) is 15.2. The van der Waals surface area contributed by atoms with Crippen LogP contribution in [0.25, 0.3) is 6.08 Å². The molecule has 2 aromatic carbocycles. The number of fused-ring (bicyclic) bond motifs is 1. The third-order valence-corrected chi connectivity index (χ3v) is 7.27. The van der Waals surface area contributed by atoms with Crippen molar-refractivity contribution in [1.29, 1.82) is 0 Å². The van der Waals surface area contributed by atoms with Gasteiger partial charge in [0, 0.05) is 10.0 Å². The summed E-state index contributed by atoms with van der Waals surface area (Å²) in [6, 6.07) is 10.2. The molecule has 0 bridgehead atoms. The van der Waals surface area contributed by atoms with Crippen LogP contribution >= 0.6 is 27.3 Å². The molecule has 8 nitrogen and oxygen atoms in total. The fraction of sp³-hybridized carbons (Fsp3) is 0.296. The van der Waals surface area contributed by atoms with Gasteiger partial charge in [0.1, 0.15) is 5.75 Å². The molecule has 4 rings (SSSR count). The van der Waals surface area contributed by atoms with E-state index in [4.69, 9.17) is 18.9 Å². The highest BCUT2D eigenvalue weighted by Crippen LogP contribution is 2.36. The van der Waals surface area contributed by atoms with E-state index in [1.807, 2.05) is 31.2 Å². The summed E-state index contributed by atoms with van der Waals surface area (Å²) in [5, 5.41) is 0. The van der Waals surface area contributed by atoms with E-state index in [1.54, 1.807) is 46.3 Å². The SMILES string of the molecule is CCOC(=O)C1=C(C)N=c2s/c(=C\c3cc(Br)ccc3OC)c(=O)n2C1c1ccc(OC)c(OCC)c1. The number of aromatic nitrogens is 1. The van der Waals surface area contributed by atoms with Gasteiger partial charge in [-0.25, -0.2) is 9.79 Å². The summed E-state index contributed by atoms with van der Waals surface area (Å²) in [6.45, 7) is 5.99. The average molecular weight is 587 g/mol. The lowest BCUT2D eigenvalue weighted by molar-refractivity contribution is -0.139. The Bertz CT molecular complexity index is 1560. The number of nitrogens with zero attached hydrogens (tertiary/aromatic N) is 2. The number of hydrogen-bond acceptors (Lipinski definition) is 8. The number of rotatable bonds is 8. The third-order valence-electron chi connectivity index (χ3n) is 5.80. The number of ether oxygens (including phenoxy) is 4. The summed E-state index contributed by atoms with van der Waals surface area (Å²) in [6.07, 6.45) is 1.77. The Labute approximate surface area is 226 Å². The fourth-order valence-corrected chi connectivity index (χ4v) is 5.61. The predicted molar refractivity (Wildman–Crippen MR) is 145 cm³/mol. The molecule has 1 aromatic heterocycles. The van der Waals surface area contributed by atoms with E-state index in [0.717, 1.165) is 10.0 Å². The van der Waals surface area contributed by atoms with Crippen LogP contribution < -0.4 is 29.1 Å². The molecule has 1 aliphatic heterocycles. The second-order valence-corrected chi connectivity index (χ2v) is 9.96. The van der Waals surface area contributed by atoms with Crippen LogP contribution in [0.2, 0.25) is 0 Å². The van der Waals surface area contributed by atoms with Gasteiger partial charge in [0.05, 0.1) is 49.3 Å². The molecule has 0 radical (unpaired) electrons. The smallest absolute Gasteiger partial charge is 0.338 e. The summed E-state index contributed by atoms with van der Waals surface area (Å²) in [4.78, 5) is 32.1. The van der Waals surface area contributed by atoms with Crippen LogP contribution in [0.1, 0.15) is 37.9 Å². The minimum Gasteiger partial charge on any atom is -0.496 e. The average Bonchev–Trinajstić information content (AvgIpc) is 3.17. The van der Waals surface area contributed by atoms with Crippen LogP contribution in [0, 0.1) is 0 Å². The Morgan fingerprint density at radius 1 is 1.08 bits per heavy atom. The number of hydrogen-bond donors (Lipinski definition) is 0. The number of carbonyl (C=O) groups is 1. The van der Waals surface area contributed by atoms with E-state index in [9.17, 15) is 9.59 Å². The van der Waals surface area contributed by atoms with Crippen molar-refractivity contribution < 1.29 is 23.7 Å². The van der Waals surface area contributed by atoms with E-state index >= 15 is 0 Å². The van der Waals surface area contributed by atoms with Crippen LogP contribution in [0.15, 0.2) is 61.9 Å². The Kier molecular flexibility index (Phi) is 8.19. The molecule has 37 heavy (non-hydrogen) atoms. The first-order valence-electron chi connectivity index (χ1n) is 11.7. The Morgan fingerprint density at radius 3 is 2.49 bits per heavy atom. The molecule has 0 spiro atoms. The second-order valence-electron chi connectivity index (χ2n) is 8.03. The summed E-state index contributed by atoms with van der Waals surface area (Å²) in [5.41, 5.74) is 1.93. The molecule has 10 heteroatoms. The Morgan fingerprint density at radius 2 is 1.81 bits per heavy atom. The molecule has 0 saturated carbocycles. The van der Waals surface area contributed by atoms with Crippen molar-refractivity contribution in [3.05, 3.63) is 83.0 Å². The molecule has 0 fully saturated rings. The van der Waals surface area contributed by atoms with Crippen molar-refractivity contribution in [3.8, 4) is 17.2 Å². The molecule has 194 valence electrons. The fourth-order valence-electron chi connectivity index (χ4n) is 4.20. The molecule has 1 atom stereocenters. The molecule has 1 unspecified atom stereocenters. The van der Waals surface area contributed by atoms with Crippen molar-refractivity contribution in [2.75, 3.05) is 27.4 Å². The maximum absolute atomic E-state index is 13.9. The molecule has 2 heterocycles. The summed E-state index contributed by atoms with van der Waals surface area (Å²) < 4.78 is 24.9. The molecule has 0 N–H and O–H groups in total. The number of thiazole rings is 1. The number of carbonyl (C=O) groups excluding carboxylic acids is 1. The van der Waals surface area contributed by atoms with Gasteiger partial charge in [0.15, 0.2) is 16.3 Å². The van der Waals surface area contributed by atoms with E-state index < -0.39 is 12.0 Å². The standard InChI is InChI=1S/C27H27BrN2O6S/c1-6-35-21-13-16(8-10-20(21)34-5)24-23(26(32)36-7-2)15(3)29-27-30(24)25(31)22(37-27)14-17-12-18(28)9-11-19(17)33-4/h8-14,24H,6-7H2,1-5H3/b22-14-. The lowest BCUT2D eigenvalue weighted by Gasteiger charge is -2.25. The third kappa shape index (κ3) is 5.21. The highest BCUT2D eigenvalue weighted by Gasteiger charge is 2.34. The first-order chi connectivity index (χ1) is 17.8. The second kappa shape index (κ2) is 11.4. The van der Waals surface area contributed by atoms with E-state index in [-0.39, 0.29) is 12.2 Å². The Hall–Kier alpha value is -3.37. The zero-order valence-corrected chi connectivity index (χ0v) is 23.6. The topological polar surface area (TPSA) is 88.4 Å². The van der Waals surface area contributed by atoms with Crippen molar-refractivity contribution in [2.45, 2.75) is 26.8 Å². The lowest BCUT2D eigenvalue weighted by Crippen LogP contribution is -2.40. The molecular formula is C27H27BrN2O6S. The van der Waals surface area contributed by atoms with Gasteiger partial charge in [-0.15, -0.1) is 0 Å². The first kappa shape index (κ1) is 26.7. The van der Waals surface area contributed by atoms with Gasteiger partial charge >= 0.3 is 5.97 Å². The zero-order valence-electron chi connectivity index (χ0n) is 21.2. The van der Waals surface area contributed by atoms with Gasteiger partial charge in [0.25, 0.3) is 5.56 Å². The number of methoxy groups -OCH3 is 2. The number of esters is 1. The van der Waals surface area contributed by atoms with E-state index in [2.05, 4.69) is 20.9 Å². The maximum Gasteiger partial charge on any atom is 0.338 e. The molecular weight excluding hydrogens is 560 g/mol. The molecule has 0 amide bonds. The lowest BCUT2D eigenvalue weighted by atomic mass is 9.95. The molecule has 1 aliphatic rings. The Balaban J connectivity index is 1.98. The van der Waals surface area contributed by atoms with E-state index in [1.165, 1.54) is 15.9 Å². The van der Waals surface area contributed by atoms with Crippen LogP contribution in [0.4, 0.5) is 0 Å². The number of halogens is 1. The van der Waals surface area contributed by atoms with Gasteiger partial charge in [-0.3, -0.25) is 9.36 Å². The molecule has 0 saturated heterocycles. The minimum absolute atomic E-state index is 0.197. The van der Waals surface area contributed by atoms with Crippen LogP contribution in [0.3, 0.4) is 0 Å². The zero-order chi connectivity index (χ0) is 26.7. The highest BCUT2D eigenvalue weighted by molar-refractivity contribution is 9.10. The van der Waals surface area contributed by atoms with Crippen LogP contribution in [-0.4, -0.2) is 38.0 Å². The predicted octanol–water partition coefficient (Wildman–Crippen LogP) is 3.98. The summed E-state index contributed by atoms with van der Waals surface area (Å²) >= 11 is 4.73. The van der Waals surface area contributed by atoms with Crippen molar-refractivity contribution in [3.63, 3.8) is 0 Å². The van der Waals surface area contributed by atoms with Gasteiger partial charge in [-0.05, 0) is 62.7 Å². The molecule has 3 aromatic rings. The summed E-state index contributed by atoms with van der Waals surface area (Å²) in [7, 11) is 3.14. The van der Waals surface area contributed by atoms with E-state index in [0.29, 0.717) is 50.0 Å². The van der Waals surface area contributed by atoms with Crippen LogP contribution in [-0.2, 0) is 9.53 Å². The quantitative estimate of drug-likeness (QED) is 0.371. The van der Waals surface area contributed by atoms with Gasteiger partial charge < -0.3 is 18.9 Å². The molecule has 0 aliphatic carbocycles. The van der Waals surface area contributed by atoms with Crippen molar-refractivity contribution >= 4 is 39.3 Å². The number of allylic oxidation sites excluding steroid dienone is 1. The van der Waals surface area contributed by atoms with Crippen molar-refractivity contribution in [2.24, 2.45) is 4.99 Å².